The van der Waals surface area contributed by atoms with Gasteiger partial charge in [0.05, 0.1) is 13.2 Å². The van der Waals surface area contributed by atoms with E-state index in [0.29, 0.717) is 23.8 Å². The maximum Gasteiger partial charge on any atom is 0.255 e. The molecule has 0 aliphatic heterocycles. The van der Waals surface area contributed by atoms with Crippen molar-refractivity contribution in [2.45, 2.75) is 46.5 Å². The highest BCUT2D eigenvalue weighted by atomic mass is 16.5. The summed E-state index contributed by atoms with van der Waals surface area (Å²) < 4.78 is 11.4. The topological polar surface area (TPSA) is 47.6 Å². The van der Waals surface area contributed by atoms with Crippen molar-refractivity contribution in [3.8, 4) is 11.5 Å². The molecule has 1 amide bonds. The predicted molar refractivity (Wildman–Crippen MR) is 111 cm³/mol. The average molecular weight is 370 g/mol. The van der Waals surface area contributed by atoms with Gasteiger partial charge in [-0.1, -0.05) is 46.1 Å². The van der Waals surface area contributed by atoms with E-state index in [0.717, 1.165) is 24.5 Å². The molecule has 2 aromatic rings. The molecule has 0 saturated carbocycles. The Balaban J connectivity index is 1.85. The van der Waals surface area contributed by atoms with Gasteiger partial charge in [0, 0.05) is 11.3 Å². The Kier molecular flexibility index (Phi) is 8.69. The normalized spacial score (nSPS) is 10.7. The molecule has 4 heteroatoms. The van der Waals surface area contributed by atoms with E-state index in [1.807, 2.05) is 36.4 Å². The van der Waals surface area contributed by atoms with Crippen molar-refractivity contribution in [1.82, 2.24) is 0 Å². The van der Waals surface area contributed by atoms with Crippen LogP contribution in [-0.4, -0.2) is 19.1 Å². The second-order valence-electron chi connectivity index (χ2n) is 7.12. The second-order valence-corrected chi connectivity index (χ2v) is 7.12. The van der Waals surface area contributed by atoms with Gasteiger partial charge in [-0.25, -0.2) is 0 Å². The lowest BCUT2D eigenvalue weighted by Gasteiger charge is -2.11. The Labute approximate surface area is 162 Å². The van der Waals surface area contributed by atoms with E-state index < -0.39 is 0 Å². The van der Waals surface area contributed by atoms with Crippen LogP contribution < -0.4 is 14.8 Å². The molecule has 0 heterocycles. The number of amides is 1. The van der Waals surface area contributed by atoms with Crippen molar-refractivity contribution in [3.63, 3.8) is 0 Å². The number of nitrogens with one attached hydrogen (secondary N) is 1. The Morgan fingerprint density at radius 2 is 1.74 bits per heavy atom. The summed E-state index contributed by atoms with van der Waals surface area (Å²) in [6.45, 7) is 7.74. The number of carbonyl (C=O) groups excluding carboxylic acids is 1. The molecule has 0 aliphatic rings. The molecule has 4 nitrogen and oxygen atoms in total. The van der Waals surface area contributed by atoms with Crippen LogP contribution >= 0.6 is 0 Å². The standard InChI is InChI=1S/C23H31NO3/c1-4-5-6-7-15-26-21-13-11-20(12-14-21)24-23(25)19-9-8-10-22(16-19)27-17-18(2)3/h8-14,16,18H,4-7,15,17H2,1-3H3,(H,24,25). The number of hydrogen-bond donors (Lipinski definition) is 1. The molecule has 0 saturated heterocycles. The molecule has 0 aliphatic carbocycles. The van der Waals surface area contributed by atoms with Crippen molar-refractivity contribution in [2.24, 2.45) is 5.92 Å². The number of benzene rings is 2. The molecule has 0 aromatic heterocycles. The van der Waals surface area contributed by atoms with Crippen LogP contribution in [0.15, 0.2) is 48.5 Å². The van der Waals surface area contributed by atoms with Gasteiger partial charge in [0.2, 0.25) is 0 Å². The first kappa shape index (κ1) is 20.8. The molecular formula is C23H31NO3. The van der Waals surface area contributed by atoms with E-state index in [1.165, 1.54) is 19.3 Å². The zero-order chi connectivity index (χ0) is 19.5. The highest BCUT2D eigenvalue weighted by Crippen LogP contribution is 2.19. The van der Waals surface area contributed by atoms with Gasteiger partial charge < -0.3 is 14.8 Å². The van der Waals surface area contributed by atoms with Crippen molar-refractivity contribution in [1.29, 1.82) is 0 Å². The lowest BCUT2D eigenvalue weighted by atomic mass is 10.2. The van der Waals surface area contributed by atoms with Crippen LogP contribution in [0.25, 0.3) is 0 Å². The molecule has 2 aromatic carbocycles. The molecule has 0 fully saturated rings. The summed E-state index contributed by atoms with van der Waals surface area (Å²) in [6.07, 6.45) is 4.74. The van der Waals surface area contributed by atoms with Gasteiger partial charge in [-0.3, -0.25) is 4.79 Å². The Hall–Kier alpha value is -2.49. The summed E-state index contributed by atoms with van der Waals surface area (Å²) in [5, 5.41) is 2.91. The van der Waals surface area contributed by atoms with Crippen LogP contribution in [0.3, 0.4) is 0 Å². The molecule has 146 valence electrons. The Bertz CT molecular complexity index is 695. The lowest BCUT2D eigenvalue weighted by Crippen LogP contribution is -2.12. The first-order valence-corrected chi connectivity index (χ1v) is 9.85. The second kappa shape index (κ2) is 11.3. The highest BCUT2D eigenvalue weighted by Gasteiger charge is 2.08. The van der Waals surface area contributed by atoms with Crippen molar-refractivity contribution >= 4 is 11.6 Å². The zero-order valence-electron chi connectivity index (χ0n) is 16.7. The number of carbonyl (C=O) groups is 1. The number of unbranched alkanes of at least 4 members (excludes halogenated alkanes) is 3. The summed E-state index contributed by atoms with van der Waals surface area (Å²) >= 11 is 0. The zero-order valence-corrected chi connectivity index (χ0v) is 16.7. The van der Waals surface area contributed by atoms with E-state index in [2.05, 4.69) is 26.1 Å². The van der Waals surface area contributed by atoms with E-state index in [4.69, 9.17) is 9.47 Å². The Morgan fingerprint density at radius 1 is 0.963 bits per heavy atom. The minimum Gasteiger partial charge on any atom is -0.494 e. The number of ether oxygens (including phenoxy) is 2. The number of rotatable bonds is 11. The molecular weight excluding hydrogens is 338 g/mol. The highest BCUT2D eigenvalue weighted by molar-refractivity contribution is 6.04. The molecule has 0 spiro atoms. The predicted octanol–water partition coefficient (Wildman–Crippen LogP) is 5.93. The smallest absolute Gasteiger partial charge is 0.255 e. The van der Waals surface area contributed by atoms with Gasteiger partial charge in [-0.05, 0) is 54.8 Å². The third-order valence-corrected chi connectivity index (χ3v) is 4.06. The number of anilines is 1. The van der Waals surface area contributed by atoms with Crippen molar-refractivity contribution < 1.29 is 14.3 Å². The molecule has 2 rings (SSSR count). The fourth-order valence-electron chi connectivity index (χ4n) is 2.55. The largest absolute Gasteiger partial charge is 0.494 e. The minimum absolute atomic E-state index is 0.154. The first-order valence-electron chi connectivity index (χ1n) is 9.85. The van der Waals surface area contributed by atoms with Crippen LogP contribution in [-0.2, 0) is 0 Å². The third kappa shape index (κ3) is 7.73. The maximum atomic E-state index is 12.5. The van der Waals surface area contributed by atoms with Crippen LogP contribution in [0.5, 0.6) is 11.5 Å². The molecule has 0 bridgehead atoms. The minimum atomic E-state index is -0.154. The SMILES string of the molecule is CCCCCCOc1ccc(NC(=O)c2cccc(OCC(C)C)c2)cc1. The van der Waals surface area contributed by atoms with Crippen LogP contribution in [0.4, 0.5) is 5.69 Å². The van der Waals surface area contributed by atoms with Crippen molar-refractivity contribution in [3.05, 3.63) is 54.1 Å². The van der Waals surface area contributed by atoms with E-state index in [-0.39, 0.29) is 5.91 Å². The van der Waals surface area contributed by atoms with Gasteiger partial charge >= 0.3 is 0 Å². The fourth-order valence-corrected chi connectivity index (χ4v) is 2.55. The molecule has 0 atom stereocenters. The van der Waals surface area contributed by atoms with Crippen molar-refractivity contribution in [2.75, 3.05) is 18.5 Å². The summed E-state index contributed by atoms with van der Waals surface area (Å²) in [7, 11) is 0. The van der Waals surface area contributed by atoms with Gasteiger partial charge in [-0.2, -0.15) is 0 Å². The molecule has 1 N–H and O–H groups in total. The van der Waals surface area contributed by atoms with E-state index >= 15 is 0 Å². The molecule has 0 unspecified atom stereocenters. The number of hydrogen-bond acceptors (Lipinski definition) is 3. The summed E-state index contributed by atoms with van der Waals surface area (Å²) in [5.74, 6) is 1.82. The van der Waals surface area contributed by atoms with Crippen LogP contribution in [0.1, 0.15) is 56.8 Å². The van der Waals surface area contributed by atoms with E-state index in [1.54, 1.807) is 12.1 Å². The van der Waals surface area contributed by atoms with Gasteiger partial charge in [0.1, 0.15) is 11.5 Å². The summed E-state index contributed by atoms with van der Waals surface area (Å²) in [4.78, 5) is 12.5. The van der Waals surface area contributed by atoms with E-state index in [9.17, 15) is 4.79 Å². The quantitative estimate of drug-likeness (QED) is 0.499. The monoisotopic (exact) mass is 369 g/mol. The Morgan fingerprint density at radius 3 is 2.44 bits per heavy atom. The molecule has 0 radical (unpaired) electrons. The van der Waals surface area contributed by atoms with Crippen LogP contribution in [0.2, 0.25) is 0 Å². The van der Waals surface area contributed by atoms with Crippen LogP contribution in [0, 0.1) is 5.92 Å². The summed E-state index contributed by atoms with van der Waals surface area (Å²) in [5.41, 5.74) is 1.32. The molecule has 27 heavy (non-hydrogen) atoms. The first-order chi connectivity index (χ1) is 13.1. The van der Waals surface area contributed by atoms with Gasteiger partial charge in [0.15, 0.2) is 0 Å². The average Bonchev–Trinajstić information content (AvgIpc) is 2.67. The van der Waals surface area contributed by atoms with Gasteiger partial charge in [-0.15, -0.1) is 0 Å². The van der Waals surface area contributed by atoms with Gasteiger partial charge in [0.25, 0.3) is 5.91 Å². The lowest BCUT2D eigenvalue weighted by molar-refractivity contribution is 0.102. The fraction of sp³-hybridized carbons (Fsp3) is 0.435. The third-order valence-electron chi connectivity index (χ3n) is 4.06. The summed E-state index contributed by atoms with van der Waals surface area (Å²) in [6, 6.07) is 14.7. The maximum absolute atomic E-state index is 12.5.